The van der Waals surface area contributed by atoms with Gasteiger partial charge in [-0.05, 0) is 43.0 Å². The number of nitrogens with one attached hydrogen (secondary N) is 3. The molecule has 3 aromatic heterocycles. The number of nitrogens with zero attached hydrogens (tertiary/aromatic N) is 3. The van der Waals surface area contributed by atoms with Crippen LogP contribution in [0.15, 0.2) is 43.1 Å². The number of anilines is 2. The van der Waals surface area contributed by atoms with Crippen LogP contribution < -0.4 is 16.0 Å². The average Bonchev–Trinajstić information content (AvgIpc) is 3.30. The van der Waals surface area contributed by atoms with Crippen LogP contribution in [-0.4, -0.2) is 58.8 Å². The Labute approximate surface area is 214 Å². The summed E-state index contributed by atoms with van der Waals surface area (Å²) in [5.74, 6) is -1.38. The molecule has 198 valence electrons. The SMILES string of the molecule is O=C(NCC(F)(F)F)c1cncc(-c2cnc(Nc3cnccc3C3CC(CS(=O)(=O)O)CCN3)s2)c1. The van der Waals surface area contributed by atoms with Crippen LogP contribution in [0.25, 0.3) is 10.4 Å². The molecule has 10 nitrogen and oxygen atoms in total. The number of pyridine rings is 2. The molecule has 0 spiro atoms. The number of piperidine rings is 1. The molecule has 0 saturated carbocycles. The lowest BCUT2D eigenvalue weighted by atomic mass is 9.90. The van der Waals surface area contributed by atoms with E-state index in [1.807, 2.05) is 11.4 Å². The van der Waals surface area contributed by atoms with Gasteiger partial charge in [-0.3, -0.25) is 19.3 Å². The van der Waals surface area contributed by atoms with Crippen molar-refractivity contribution in [2.75, 3.05) is 24.2 Å². The average molecular weight is 557 g/mol. The van der Waals surface area contributed by atoms with E-state index < -0.39 is 28.7 Å². The molecule has 0 aliphatic carbocycles. The van der Waals surface area contributed by atoms with E-state index in [1.165, 1.54) is 29.8 Å². The normalized spacial score (nSPS) is 18.4. The van der Waals surface area contributed by atoms with Gasteiger partial charge >= 0.3 is 6.18 Å². The number of carbonyl (C=O) groups excluding carboxylic acids is 1. The standard InChI is InChI=1S/C22H23F3N6O4S2/c23-22(24,25)12-30-20(32)15-6-14(7-27-8-15)19-10-29-21(36-19)31-18-9-26-3-2-16(18)17-5-13(1-4-28-17)11-37(33,34)35/h2-3,6-10,13,17,28H,1,4-5,11-12H2,(H,29,31)(H,30,32)(H,33,34,35). The second-order valence-corrected chi connectivity index (χ2v) is 11.1. The summed E-state index contributed by atoms with van der Waals surface area (Å²) in [6.45, 7) is -0.849. The first-order valence-corrected chi connectivity index (χ1v) is 13.5. The number of halogens is 3. The summed E-state index contributed by atoms with van der Waals surface area (Å²) in [4.78, 5) is 25.2. The smallest absolute Gasteiger partial charge is 0.343 e. The number of aromatic nitrogens is 3. The minimum atomic E-state index is -4.52. The Kier molecular flexibility index (Phi) is 8.06. The third kappa shape index (κ3) is 7.67. The number of thiazole rings is 1. The minimum Gasteiger partial charge on any atom is -0.343 e. The Hall–Kier alpha value is -3.14. The predicted octanol–water partition coefficient (Wildman–Crippen LogP) is 3.56. The number of carbonyl (C=O) groups is 1. The van der Waals surface area contributed by atoms with E-state index in [1.54, 1.807) is 18.6 Å². The highest BCUT2D eigenvalue weighted by atomic mass is 32.2. The van der Waals surface area contributed by atoms with Crippen LogP contribution in [0.4, 0.5) is 24.0 Å². The van der Waals surface area contributed by atoms with E-state index in [9.17, 15) is 30.9 Å². The fourth-order valence-corrected chi connectivity index (χ4v) is 5.77. The number of hydrogen-bond acceptors (Lipinski definition) is 9. The molecule has 1 aliphatic rings. The van der Waals surface area contributed by atoms with Gasteiger partial charge in [-0.1, -0.05) is 11.3 Å². The van der Waals surface area contributed by atoms with E-state index in [-0.39, 0.29) is 23.3 Å². The van der Waals surface area contributed by atoms with Crippen LogP contribution in [-0.2, 0) is 10.1 Å². The first-order valence-electron chi connectivity index (χ1n) is 11.1. The summed E-state index contributed by atoms with van der Waals surface area (Å²) in [7, 11) is -4.07. The van der Waals surface area contributed by atoms with E-state index >= 15 is 0 Å². The summed E-state index contributed by atoms with van der Waals surface area (Å²) in [6.07, 6.45) is 4.09. The highest BCUT2D eigenvalue weighted by Crippen LogP contribution is 2.35. The molecule has 2 unspecified atom stereocenters. The van der Waals surface area contributed by atoms with Crippen molar-refractivity contribution >= 4 is 38.2 Å². The van der Waals surface area contributed by atoms with Gasteiger partial charge in [-0.15, -0.1) is 0 Å². The van der Waals surface area contributed by atoms with Crippen molar-refractivity contribution in [1.29, 1.82) is 0 Å². The second-order valence-electron chi connectivity index (χ2n) is 8.52. The molecule has 1 fully saturated rings. The molecule has 4 N–H and O–H groups in total. The van der Waals surface area contributed by atoms with Gasteiger partial charge in [0.25, 0.3) is 16.0 Å². The first kappa shape index (κ1) is 26.9. The van der Waals surface area contributed by atoms with Crippen molar-refractivity contribution in [3.05, 3.63) is 54.2 Å². The topological polar surface area (TPSA) is 146 Å². The van der Waals surface area contributed by atoms with Crippen molar-refractivity contribution in [2.45, 2.75) is 25.1 Å². The summed E-state index contributed by atoms with van der Waals surface area (Å²) in [5.41, 5.74) is 2.02. The highest BCUT2D eigenvalue weighted by molar-refractivity contribution is 7.85. The number of alkyl halides is 3. The quantitative estimate of drug-likeness (QED) is 0.306. The van der Waals surface area contributed by atoms with Crippen LogP contribution in [0.1, 0.15) is 34.8 Å². The predicted molar refractivity (Wildman–Crippen MR) is 131 cm³/mol. The molecule has 1 saturated heterocycles. The minimum absolute atomic E-state index is 0.0120. The monoisotopic (exact) mass is 556 g/mol. The zero-order chi connectivity index (χ0) is 26.6. The van der Waals surface area contributed by atoms with Crippen molar-refractivity contribution in [3.8, 4) is 10.4 Å². The Morgan fingerprint density at radius 2 is 2.03 bits per heavy atom. The molecule has 4 rings (SSSR count). The molecular formula is C22H23F3N6O4S2. The lowest BCUT2D eigenvalue weighted by Gasteiger charge is -2.31. The maximum absolute atomic E-state index is 12.4. The van der Waals surface area contributed by atoms with Crippen LogP contribution >= 0.6 is 11.3 Å². The molecule has 0 radical (unpaired) electrons. The zero-order valence-corrected chi connectivity index (χ0v) is 20.8. The molecule has 1 aliphatic heterocycles. The van der Waals surface area contributed by atoms with Crippen molar-refractivity contribution in [1.82, 2.24) is 25.6 Å². The van der Waals surface area contributed by atoms with Gasteiger partial charge in [0.15, 0.2) is 5.13 Å². The number of hydrogen-bond donors (Lipinski definition) is 4. The van der Waals surface area contributed by atoms with Crippen LogP contribution in [0.5, 0.6) is 0 Å². The van der Waals surface area contributed by atoms with Gasteiger partial charge in [-0.25, -0.2) is 4.98 Å². The fourth-order valence-electron chi connectivity index (χ4n) is 4.06. The van der Waals surface area contributed by atoms with Gasteiger partial charge in [-0.2, -0.15) is 21.6 Å². The molecule has 0 aromatic carbocycles. The fraction of sp³-hybridized carbons (Fsp3) is 0.364. The Bertz CT molecular complexity index is 1370. The Morgan fingerprint density at radius 1 is 1.22 bits per heavy atom. The largest absolute Gasteiger partial charge is 0.405 e. The van der Waals surface area contributed by atoms with Gasteiger partial charge in [0.05, 0.1) is 28.1 Å². The molecule has 0 bridgehead atoms. The van der Waals surface area contributed by atoms with Crippen molar-refractivity contribution in [2.24, 2.45) is 5.92 Å². The van der Waals surface area contributed by atoms with Crippen LogP contribution in [0.2, 0.25) is 0 Å². The number of rotatable bonds is 8. The molecule has 15 heteroatoms. The number of amides is 1. The molecule has 2 atom stereocenters. The highest BCUT2D eigenvalue weighted by Gasteiger charge is 2.29. The van der Waals surface area contributed by atoms with Gasteiger partial charge in [0.2, 0.25) is 0 Å². The molecule has 4 heterocycles. The van der Waals surface area contributed by atoms with Gasteiger partial charge in [0, 0.05) is 36.4 Å². The maximum Gasteiger partial charge on any atom is 0.405 e. The zero-order valence-electron chi connectivity index (χ0n) is 19.2. The van der Waals surface area contributed by atoms with E-state index in [2.05, 4.69) is 25.6 Å². The van der Waals surface area contributed by atoms with Gasteiger partial charge < -0.3 is 16.0 Å². The molecule has 1 amide bonds. The summed E-state index contributed by atoms with van der Waals surface area (Å²) < 4.78 is 69.1. The Morgan fingerprint density at radius 3 is 2.78 bits per heavy atom. The molecule has 3 aromatic rings. The van der Waals surface area contributed by atoms with Crippen molar-refractivity contribution < 1.29 is 30.9 Å². The molecular weight excluding hydrogens is 533 g/mol. The summed E-state index contributed by atoms with van der Waals surface area (Å²) in [6, 6.07) is 3.09. The maximum atomic E-state index is 12.4. The lowest BCUT2D eigenvalue weighted by Crippen LogP contribution is -2.34. The lowest BCUT2D eigenvalue weighted by molar-refractivity contribution is -0.123. The van der Waals surface area contributed by atoms with E-state index in [4.69, 9.17) is 0 Å². The van der Waals surface area contributed by atoms with Crippen LogP contribution in [0, 0.1) is 5.92 Å². The summed E-state index contributed by atoms with van der Waals surface area (Å²) in [5, 5.41) is 8.90. The van der Waals surface area contributed by atoms with E-state index in [0.717, 1.165) is 5.56 Å². The van der Waals surface area contributed by atoms with Crippen LogP contribution in [0.3, 0.4) is 0 Å². The third-order valence-electron chi connectivity index (χ3n) is 5.67. The first-order chi connectivity index (χ1) is 17.5. The van der Waals surface area contributed by atoms with Crippen molar-refractivity contribution in [3.63, 3.8) is 0 Å². The van der Waals surface area contributed by atoms with E-state index in [0.29, 0.717) is 40.6 Å². The summed E-state index contributed by atoms with van der Waals surface area (Å²) >= 11 is 1.25. The Balaban J connectivity index is 1.48. The third-order valence-corrected chi connectivity index (χ3v) is 7.53. The van der Waals surface area contributed by atoms with Gasteiger partial charge in [0.1, 0.15) is 6.54 Å². The second kappa shape index (κ2) is 11.1. The molecule has 37 heavy (non-hydrogen) atoms.